The first-order valence-corrected chi connectivity index (χ1v) is 9.23. The molecule has 108 valence electrons. The molecule has 18 heavy (non-hydrogen) atoms. The van der Waals surface area contributed by atoms with Crippen molar-refractivity contribution in [2.24, 2.45) is 0 Å². The molecule has 2 unspecified atom stereocenters. The number of hydrogen-bond donors (Lipinski definition) is 4. The summed E-state index contributed by atoms with van der Waals surface area (Å²) in [5.41, 5.74) is 0. The minimum Gasteiger partial charge on any atom is -0.176 e. The molecule has 1 aliphatic carbocycles. The van der Waals surface area contributed by atoms with Gasteiger partial charge in [0.1, 0.15) is 0 Å². The third kappa shape index (κ3) is 8.55. The van der Waals surface area contributed by atoms with E-state index in [0.717, 1.165) is 19.3 Å². The molecule has 0 aromatic carbocycles. The van der Waals surface area contributed by atoms with Crippen molar-refractivity contribution in [3.63, 3.8) is 0 Å². The molecule has 0 heterocycles. The van der Waals surface area contributed by atoms with Crippen molar-refractivity contribution in [3.05, 3.63) is 0 Å². The zero-order valence-electron chi connectivity index (χ0n) is 11.2. The van der Waals surface area contributed by atoms with Gasteiger partial charge in [-0.3, -0.25) is 0 Å². The second-order valence-corrected chi connectivity index (χ2v) is 9.24. The Kier molecular flexibility index (Phi) is 9.07. The van der Waals surface area contributed by atoms with Crippen LogP contribution < -0.4 is 0 Å². The first-order chi connectivity index (χ1) is 8.49. The minimum atomic E-state index is -0.0861. The van der Waals surface area contributed by atoms with Gasteiger partial charge < -0.3 is 0 Å². The third-order valence-electron chi connectivity index (χ3n) is 3.82. The third-order valence-corrected chi connectivity index (χ3v) is 5.74. The van der Waals surface area contributed by atoms with Gasteiger partial charge in [0.05, 0.1) is 4.08 Å². The molecular weight excluding hydrogens is 296 g/mol. The van der Waals surface area contributed by atoms with Crippen LogP contribution >= 0.6 is 50.5 Å². The normalized spacial score (nSPS) is 32.7. The Labute approximate surface area is 135 Å². The highest BCUT2D eigenvalue weighted by molar-refractivity contribution is 8.00. The molecule has 0 radical (unpaired) electrons. The first kappa shape index (κ1) is 17.5. The van der Waals surface area contributed by atoms with Crippen LogP contribution in [0.2, 0.25) is 0 Å². The second-order valence-electron chi connectivity index (χ2n) is 5.71. The minimum absolute atomic E-state index is 0.0861. The number of rotatable bonds is 0. The van der Waals surface area contributed by atoms with Gasteiger partial charge in [0.25, 0.3) is 0 Å². The highest BCUT2D eigenvalue weighted by Crippen LogP contribution is 2.34. The summed E-state index contributed by atoms with van der Waals surface area (Å²) < 4.78 is -0.0861. The molecule has 0 N–H and O–H groups in total. The van der Waals surface area contributed by atoms with Crippen molar-refractivity contribution in [1.29, 1.82) is 0 Å². The molecule has 0 amide bonds. The molecule has 0 spiro atoms. The SMILES string of the molecule is SC1CCCCCCC(S)(S)CCC(S)CCC1. The number of hydrogen-bond acceptors (Lipinski definition) is 4. The van der Waals surface area contributed by atoms with E-state index >= 15 is 0 Å². The van der Waals surface area contributed by atoms with Gasteiger partial charge in [-0.2, -0.15) is 50.5 Å². The Morgan fingerprint density at radius 3 is 1.89 bits per heavy atom. The largest absolute Gasteiger partial charge is 0.176 e. The van der Waals surface area contributed by atoms with Crippen molar-refractivity contribution in [3.8, 4) is 0 Å². The van der Waals surface area contributed by atoms with Gasteiger partial charge in [-0.15, -0.1) is 0 Å². The average molecular weight is 325 g/mol. The molecule has 0 aromatic rings. The summed E-state index contributed by atoms with van der Waals surface area (Å²) in [5, 5.41) is 1.11. The molecular formula is C14H28S4. The van der Waals surface area contributed by atoms with Crippen LogP contribution in [0.1, 0.15) is 70.6 Å². The Hall–Kier alpha value is 1.40. The molecule has 2 atom stereocenters. The second kappa shape index (κ2) is 9.36. The standard InChI is InChI=1S/C14H28S4/c15-12-6-3-1-2-4-10-14(17,18)11-9-13(16)8-5-7-12/h12-13,15-18H,1-11H2. The Morgan fingerprint density at radius 1 is 0.611 bits per heavy atom. The van der Waals surface area contributed by atoms with Crippen LogP contribution in [0.15, 0.2) is 0 Å². The average Bonchev–Trinajstić information content (AvgIpc) is 2.30. The zero-order valence-corrected chi connectivity index (χ0v) is 14.8. The van der Waals surface area contributed by atoms with E-state index in [0.29, 0.717) is 10.5 Å². The van der Waals surface area contributed by atoms with Gasteiger partial charge in [-0.1, -0.05) is 32.1 Å². The van der Waals surface area contributed by atoms with E-state index in [4.69, 9.17) is 25.3 Å². The van der Waals surface area contributed by atoms with Crippen molar-refractivity contribution < 1.29 is 0 Å². The molecule has 0 saturated heterocycles. The molecule has 0 nitrogen and oxygen atoms in total. The number of thiol groups is 4. The Morgan fingerprint density at radius 2 is 1.17 bits per heavy atom. The summed E-state index contributed by atoms with van der Waals surface area (Å²) in [6.07, 6.45) is 13.5. The Balaban J connectivity index is 2.38. The van der Waals surface area contributed by atoms with E-state index in [-0.39, 0.29) is 4.08 Å². The van der Waals surface area contributed by atoms with E-state index in [1.165, 1.54) is 51.4 Å². The zero-order chi connectivity index (χ0) is 13.4. The maximum Gasteiger partial charge on any atom is 0.0552 e. The summed E-state index contributed by atoms with van der Waals surface area (Å²) in [6.45, 7) is 0. The van der Waals surface area contributed by atoms with E-state index in [1.54, 1.807) is 0 Å². The van der Waals surface area contributed by atoms with Crippen molar-refractivity contribution in [2.45, 2.75) is 85.2 Å². The molecule has 1 fully saturated rings. The van der Waals surface area contributed by atoms with Crippen LogP contribution in [0, 0.1) is 0 Å². The van der Waals surface area contributed by atoms with Crippen molar-refractivity contribution in [1.82, 2.24) is 0 Å². The van der Waals surface area contributed by atoms with Gasteiger partial charge in [0, 0.05) is 10.5 Å². The summed E-state index contributed by atoms with van der Waals surface area (Å²) >= 11 is 18.8. The van der Waals surface area contributed by atoms with Gasteiger partial charge >= 0.3 is 0 Å². The van der Waals surface area contributed by atoms with E-state index in [1.807, 2.05) is 0 Å². The fourth-order valence-corrected chi connectivity index (χ4v) is 3.79. The molecule has 1 aliphatic rings. The van der Waals surface area contributed by atoms with Gasteiger partial charge in [-0.25, -0.2) is 0 Å². The molecule has 1 rings (SSSR count). The fraction of sp³-hybridized carbons (Fsp3) is 1.00. The Bertz CT molecular complexity index is 218. The summed E-state index contributed by atoms with van der Waals surface area (Å²) in [5.74, 6) is 0. The van der Waals surface area contributed by atoms with Crippen molar-refractivity contribution in [2.75, 3.05) is 0 Å². The van der Waals surface area contributed by atoms with Crippen LogP contribution in [0.4, 0.5) is 0 Å². The fourth-order valence-electron chi connectivity index (χ4n) is 2.54. The molecule has 4 heteroatoms. The maximum absolute atomic E-state index is 4.70. The van der Waals surface area contributed by atoms with E-state index < -0.39 is 0 Å². The van der Waals surface area contributed by atoms with Crippen LogP contribution in [-0.2, 0) is 0 Å². The van der Waals surface area contributed by atoms with Crippen molar-refractivity contribution >= 4 is 50.5 Å². The van der Waals surface area contributed by atoms with Crippen LogP contribution in [-0.4, -0.2) is 14.6 Å². The highest BCUT2D eigenvalue weighted by Gasteiger charge is 2.21. The lowest BCUT2D eigenvalue weighted by molar-refractivity contribution is 0.511. The highest BCUT2D eigenvalue weighted by atomic mass is 32.2. The van der Waals surface area contributed by atoms with Gasteiger partial charge in [-0.05, 0) is 38.5 Å². The lowest BCUT2D eigenvalue weighted by Gasteiger charge is -2.24. The predicted molar refractivity (Wildman–Crippen MR) is 97.0 cm³/mol. The maximum atomic E-state index is 4.70. The summed E-state index contributed by atoms with van der Waals surface area (Å²) in [4.78, 5) is 0. The molecule has 0 bridgehead atoms. The first-order valence-electron chi connectivity index (χ1n) is 7.30. The predicted octanol–water partition coefficient (Wildman–Crippen LogP) is 5.44. The summed E-state index contributed by atoms with van der Waals surface area (Å²) in [7, 11) is 0. The van der Waals surface area contributed by atoms with E-state index in [9.17, 15) is 0 Å². The van der Waals surface area contributed by atoms with Crippen LogP contribution in [0.25, 0.3) is 0 Å². The van der Waals surface area contributed by atoms with Crippen LogP contribution in [0.5, 0.6) is 0 Å². The smallest absolute Gasteiger partial charge is 0.0552 e. The lowest BCUT2D eigenvalue weighted by atomic mass is 10.00. The monoisotopic (exact) mass is 324 g/mol. The lowest BCUT2D eigenvalue weighted by Crippen LogP contribution is -2.16. The quantitative estimate of drug-likeness (QED) is 0.331. The topological polar surface area (TPSA) is 0 Å². The molecule has 0 aromatic heterocycles. The molecule has 0 aliphatic heterocycles. The summed E-state index contributed by atoms with van der Waals surface area (Å²) in [6, 6.07) is 0. The van der Waals surface area contributed by atoms with Gasteiger partial charge in [0.15, 0.2) is 0 Å². The van der Waals surface area contributed by atoms with Crippen LogP contribution in [0.3, 0.4) is 0 Å². The molecule has 1 saturated carbocycles. The van der Waals surface area contributed by atoms with E-state index in [2.05, 4.69) is 25.3 Å². The van der Waals surface area contributed by atoms with Gasteiger partial charge in [0.2, 0.25) is 0 Å².